The van der Waals surface area contributed by atoms with E-state index in [0.717, 1.165) is 53.1 Å². The standard InChI is InChI=1S/C24H24FN7O.C23H20FN7/c1-14(2)32-13-29-21-23(30-22(31-24(21)32)16-8-17(25)12-26-10-16)27-7-6-15-11-28-20-5-4-18(33-3)9-19(15)20;1-14(2)31-13-28-20-22(26-8-7-15-11-27-19-6-4-3-5-18(15)19)29-21(30-23(20)31)16-9-17(24)12-25-10-16/h4-5,8-14,28H,6-7H2,1-3H3,(H,27,30,31);3-6,9-13,27H,1,7-8H2,2H3,(H,26,29,30). The first-order valence-electron chi connectivity index (χ1n) is 20.7. The zero-order chi connectivity index (χ0) is 44.3. The molecule has 10 aromatic rings. The maximum atomic E-state index is 13.8. The van der Waals surface area contributed by atoms with Gasteiger partial charge in [0.15, 0.2) is 40.1 Å². The highest BCUT2D eigenvalue weighted by Crippen LogP contribution is 2.29. The minimum absolute atomic E-state index is 0.164. The number of ether oxygens (including phenoxy) is 1. The van der Waals surface area contributed by atoms with Gasteiger partial charge < -0.3 is 29.9 Å². The number of benzene rings is 2. The molecule has 8 aromatic heterocycles. The van der Waals surface area contributed by atoms with Crippen LogP contribution < -0.4 is 15.4 Å². The Kier molecular flexibility index (Phi) is 11.4. The Morgan fingerprint density at radius 3 is 1.91 bits per heavy atom. The SMILES string of the molecule is C=C(C)n1cnc2c(NCCc3c[nH]c4ccccc34)nc(-c3cncc(F)c3)nc21.COc1ccc2[nH]cc(CCNc3nc(-c4cncc(F)c4)nc4c3ncn4C(C)C)c2c1. The summed E-state index contributed by atoms with van der Waals surface area (Å²) in [7, 11) is 1.66. The normalized spacial score (nSPS) is 11.4. The number of para-hydroxylation sites is 1. The Balaban J connectivity index is 0.000000162. The van der Waals surface area contributed by atoms with Crippen LogP contribution in [0, 0.1) is 11.6 Å². The van der Waals surface area contributed by atoms with Crippen molar-refractivity contribution in [3.8, 4) is 28.5 Å². The fourth-order valence-electron chi connectivity index (χ4n) is 7.51. The third-order valence-corrected chi connectivity index (χ3v) is 10.7. The summed E-state index contributed by atoms with van der Waals surface area (Å²) in [5.41, 5.74) is 8.96. The summed E-state index contributed by atoms with van der Waals surface area (Å²) in [6, 6.07) is 17.1. The minimum atomic E-state index is -0.441. The molecule has 17 heteroatoms. The quantitative estimate of drug-likeness (QED) is 0.0869. The van der Waals surface area contributed by atoms with Crippen LogP contribution in [0.2, 0.25) is 0 Å². The van der Waals surface area contributed by atoms with Gasteiger partial charge in [-0.25, -0.2) is 38.7 Å². The summed E-state index contributed by atoms with van der Waals surface area (Å²) in [5.74, 6) is 1.91. The molecule has 0 aliphatic rings. The summed E-state index contributed by atoms with van der Waals surface area (Å²) in [6.07, 6.45) is 14.4. The second-order valence-electron chi connectivity index (χ2n) is 15.5. The number of halogens is 2. The molecule has 0 unspecified atom stereocenters. The lowest BCUT2D eigenvalue weighted by Gasteiger charge is -2.11. The molecule has 0 bridgehead atoms. The van der Waals surface area contributed by atoms with Gasteiger partial charge in [0.05, 0.1) is 25.8 Å². The number of fused-ring (bicyclic) bond motifs is 4. The molecule has 64 heavy (non-hydrogen) atoms. The number of anilines is 2. The Morgan fingerprint density at radius 2 is 1.30 bits per heavy atom. The molecule has 0 radical (unpaired) electrons. The highest BCUT2D eigenvalue weighted by atomic mass is 19.1. The van der Waals surface area contributed by atoms with Crippen molar-refractivity contribution in [1.82, 2.24) is 59.0 Å². The predicted octanol–water partition coefficient (Wildman–Crippen LogP) is 9.41. The molecule has 322 valence electrons. The van der Waals surface area contributed by atoms with E-state index in [1.165, 1.54) is 28.6 Å². The molecule has 15 nitrogen and oxygen atoms in total. The number of allylic oxidation sites excluding steroid dienone is 1. The van der Waals surface area contributed by atoms with Crippen molar-refractivity contribution in [1.29, 1.82) is 0 Å². The molecule has 0 spiro atoms. The average Bonchev–Trinajstić information content (AvgIpc) is 4.12. The molecular weight excluding hydrogens is 815 g/mol. The van der Waals surface area contributed by atoms with Crippen LogP contribution in [0.5, 0.6) is 5.75 Å². The van der Waals surface area contributed by atoms with Crippen LogP contribution in [0.25, 0.3) is 72.6 Å². The molecule has 0 saturated heterocycles. The zero-order valence-corrected chi connectivity index (χ0v) is 35.6. The van der Waals surface area contributed by atoms with Gasteiger partial charge in [-0.2, -0.15) is 0 Å². The van der Waals surface area contributed by atoms with Gasteiger partial charge in [-0.1, -0.05) is 24.8 Å². The third-order valence-electron chi connectivity index (χ3n) is 10.7. The number of methoxy groups -OCH3 is 1. The summed E-state index contributed by atoms with van der Waals surface area (Å²) >= 11 is 0. The lowest BCUT2D eigenvalue weighted by atomic mass is 10.1. The fourth-order valence-corrected chi connectivity index (χ4v) is 7.51. The highest BCUT2D eigenvalue weighted by molar-refractivity contribution is 5.88. The molecule has 0 fully saturated rings. The van der Waals surface area contributed by atoms with E-state index in [9.17, 15) is 8.78 Å². The van der Waals surface area contributed by atoms with Crippen LogP contribution in [-0.4, -0.2) is 79.2 Å². The number of H-pyrrole nitrogens is 2. The number of nitrogens with zero attached hydrogens (tertiary/aromatic N) is 10. The molecule has 2 aromatic carbocycles. The summed E-state index contributed by atoms with van der Waals surface area (Å²) in [4.78, 5) is 42.0. The van der Waals surface area contributed by atoms with Gasteiger partial charge in [-0.15, -0.1) is 0 Å². The van der Waals surface area contributed by atoms with E-state index in [0.29, 0.717) is 69.8 Å². The van der Waals surface area contributed by atoms with E-state index < -0.39 is 11.6 Å². The minimum Gasteiger partial charge on any atom is -0.497 e. The van der Waals surface area contributed by atoms with Crippen molar-refractivity contribution in [3.63, 3.8) is 0 Å². The molecule has 4 N–H and O–H groups in total. The number of hydrogen-bond donors (Lipinski definition) is 4. The monoisotopic (exact) mass is 858 g/mol. The van der Waals surface area contributed by atoms with E-state index in [-0.39, 0.29) is 6.04 Å². The van der Waals surface area contributed by atoms with Crippen molar-refractivity contribution in [2.75, 3.05) is 30.8 Å². The Morgan fingerprint density at radius 1 is 0.719 bits per heavy atom. The van der Waals surface area contributed by atoms with Crippen molar-refractivity contribution in [2.45, 2.75) is 39.7 Å². The van der Waals surface area contributed by atoms with Gasteiger partial charge in [0.25, 0.3) is 0 Å². The van der Waals surface area contributed by atoms with Gasteiger partial charge in [0.2, 0.25) is 0 Å². The number of hydrogen-bond acceptors (Lipinski definition) is 11. The van der Waals surface area contributed by atoms with Crippen LogP contribution in [0.4, 0.5) is 20.4 Å². The summed E-state index contributed by atoms with van der Waals surface area (Å²) in [5, 5.41) is 9.12. The van der Waals surface area contributed by atoms with E-state index in [2.05, 4.69) is 93.0 Å². The second kappa shape index (κ2) is 17.7. The molecule has 0 amide bonds. The first kappa shape index (κ1) is 41.3. The van der Waals surface area contributed by atoms with Crippen LogP contribution in [0.3, 0.4) is 0 Å². The Labute approximate surface area is 365 Å². The van der Waals surface area contributed by atoms with E-state index in [4.69, 9.17) is 4.74 Å². The number of aromatic amines is 2. The van der Waals surface area contributed by atoms with Gasteiger partial charge >= 0.3 is 0 Å². The zero-order valence-electron chi connectivity index (χ0n) is 35.6. The fraction of sp³-hybridized carbons (Fsp3) is 0.191. The maximum absolute atomic E-state index is 13.8. The maximum Gasteiger partial charge on any atom is 0.170 e. The van der Waals surface area contributed by atoms with Gasteiger partial charge in [0, 0.05) is 82.5 Å². The van der Waals surface area contributed by atoms with E-state index in [1.54, 1.807) is 36.7 Å². The molecular formula is C47H44F2N14O. The molecule has 8 heterocycles. The number of rotatable bonds is 13. The van der Waals surface area contributed by atoms with Crippen LogP contribution in [0.15, 0.2) is 111 Å². The molecule has 0 saturated carbocycles. The smallest absolute Gasteiger partial charge is 0.170 e. The molecule has 10 rings (SSSR count). The number of imidazole rings is 2. The lowest BCUT2D eigenvalue weighted by molar-refractivity contribution is 0.415. The van der Waals surface area contributed by atoms with Crippen molar-refractivity contribution in [2.24, 2.45) is 0 Å². The van der Waals surface area contributed by atoms with Crippen molar-refractivity contribution >= 4 is 61.5 Å². The molecule has 0 atom stereocenters. The van der Waals surface area contributed by atoms with E-state index in [1.807, 2.05) is 54.2 Å². The third kappa shape index (κ3) is 8.42. The Hall–Kier alpha value is -8.08. The second-order valence-corrected chi connectivity index (χ2v) is 15.5. The number of aromatic nitrogens is 12. The first-order valence-corrected chi connectivity index (χ1v) is 20.7. The van der Waals surface area contributed by atoms with Crippen molar-refractivity contribution < 1.29 is 13.5 Å². The van der Waals surface area contributed by atoms with Crippen LogP contribution >= 0.6 is 0 Å². The molecule has 0 aliphatic heterocycles. The highest BCUT2D eigenvalue weighted by Gasteiger charge is 2.18. The van der Waals surface area contributed by atoms with Crippen LogP contribution in [0.1, 0.15) is 37.9 Å². The van der Waals surface area contributed by atoms with Gasteiger partial charge in [0.1, 0.15) is 29.2 Å². The van der Waals surface area contributed by atoms with Crippen LogP contribution in [-0.2, 0) is 12.8 Å². The predicted molar refractivity (Wildman–Crippen MR) is 246 cm³/mol. The lowest BCUT2D eigenvalue weighted by Crippen LogP contribution is -2.09. The van der Waals surface area contributed by atoms with Crippen molar-refractivity contribution in [3.05, 3.63) is 134 Å². The number of nitrogens with one attached hydrogen (secondary N) is 4. The van der Waals surface area contributed by atoms with Gasteiger partial charge in [-0.05, 0) is 81.1 Å². The summed E-state index contributed by atoms with van der Waals surface area (Å²) in [6.45, 7) is 11.3. The topological polar surface area (TPSA) is 178 Å². The van der Waals surface area contributed by atoms with Gasteiger partial charge in [-0.3, -0.25) is 14.5 Å². The molecule has 0 aliphatic carbocycles. The summed E-state index contributed by atoms with van der Waals surface area (Å²) < 4.78 is 36.7. The average molecular weight is 859 g/mol. The van der Waals surface area contributed by atoms with E-state index >= 15 is 0 Å². The number of pyridine rings is 2. The Bertz CT molecular complexity index is 3290. The largest absolute Gasteiger partial charge is 0.497 e. The first-order chi connectivity index (χ1) is 31.1.